The summed E-state index contributed by atoms with van der Waals surface area (Å²) < 4.78 is 5.70. The summed E-state index contributed by atoms with van der Waals surface area (Å²) in [7, 11) is 0. The van der Waals surface area contributed by atoms with Crippen LogP contribution in [0.15, 0.2) is 4.79 Å². The van der Waals surface area contributed by atoms with Crippen LogP contribution in [0, 0.1) is 31.1 Å². The number of H-pyrrole nitrogens is 1. The Hall–Kier alpha value is -1.73. The number of carbonyl (C=O) groups excluding carboxylic acids is 1. The van der Waals surface area contributed by atoms with Gasteiger partial charge in [-0.15, -0.1) is 11.3 Å². The van der Waals surface area contributed by atoms with Crippen LogP contribution in [0.2, 0.25) is 0 Å². The molecule has 29 heavy (non-hydrogen) atoms. The van der Waals surface area contributed by atoms with Crippen molar-refractivity contribution in [1.29, 1.82) is 0 Å². The smallest absolute Gasteiger partial charge is 0.307 e. The molecule has 0 spiro atoms. The second-order valence-electron chi connectivity index (χ2n) is 9.91. The first-order valence-electron chi connectivity index (χ1n) is 10.6. The third-order valence-corrected chi connectivity index (χ3v) is 8.52. The van der Waals surface area contributed by atoms with E-state index in [9.17, 15) is 14.7 Å². The summed E-state index contributed by atoms with van der Waals surface area (Å²) in [6.45, 7) is 5.65. The fraction of sp³-hybridized carbons (Fsp3) is 0.682. The third kappa shape index (κ3) is 3.22. The maximum absolute atomic E-state index is 12.8. The summed E-state index contributed by atoms with van der Waals surface area (Å²) in [6, 6.07) is 0. The molecule has 2 heterocycles. The van der Waals surface area contributed by atoms with Gasteiger partial charge in [0.2, 0.25) is 0 Å². The van der Waals surface area contributed by atoms with Gasteiger partial charge in [0.25, 0.3) is 5.56 Å². The highest BCUT2D eigenvalue weighted by molar-refractivity contribution is 7.18. The van der Waals surface area contributed by atoms with E-state index < -0.39 is 11.7 Å². The Labute approximate surface area is 173 Å². The van der Waals surface area contributed by atoms with Gasteiger partial charge in [-0.1, -0.05) is 0 Å². The van der Waals surface area contributed by atoms with Crippen molar-refractivity contribution in [2.45, 2.75) is 77.4 Å². The molecule has 0 aromatic carbocycles. The summed E-state index contributed by atoms with van der Waals surface area (Å²) >= 11 is 1.49. The molecule has 4 saturated carbocycles. The first-order chi connectivity index (χ1) is 13.7. The topological polar surface area (TPSA) is 92.3 Å². The summed E-state index contributed by atoms with van der Waals surface area (Å²) in [5, 5.41) is 11.5. The second-order valence-corrected chi connectivity index (χ2v) is 11.1. The molecule has 0 amide bonds. The van der Waals surface area contributed by atoms with Crippen molar-refractivity contribution in [2.75, 3.05) is 0 Å². The molecular formula is C22H28N2O4S. The maximum Gasteiger partial charge on any atom is 0.307 e. The van der Waals surface area contributed by atoms with E-state index in [1.807, 2.05) is 13.8 Å². The van der Waals surface area contributed by atoms with E-state index in [-0.39, 0.29) is 16.9 Å². The lowest BCUT2D eigenvalue weighted by molar-refractivity contribution is -0.179. The van der Waals surface area contributed by atoms with Crippen LogP contribution in [0.4, 0.5) is 0 Å². The molecule has 2 aromatic rings. The Morgan fingerprint density at radius 1 is 1.31 bits per heavy atom. The summed E-state index contributed by atoms with van der Waals surface area (Å²) in [4.78, 5) is 34.4. The van der Waals surface area contributed by atoms with Crippen LogP contribution in [0.1, 0.15) is 74.2 Å². The molecule has 4 aliphatic rings. The first kappa shape index (κ1) is 19.2. The molecule has 4 bridgehead atoms. The quantitative estimate of drug-likeness (QED) is 0.737. The van der Waals surface area contributed by atoms with Gasteiger partial charge in [-0.05, 0) is 82.1 Å². The van der Waals surface area contributed by atoms with E-state index in [0.717, 1.165) is 36.1 Å². The molecule has 2 aromatic heterocycles. The van der Waals surface area contributed by atoms with Gasteiger partial charge in [0.1, 0.15) is 4.83 Å². The second kappa shape index (κ2) is 6.38. The molecule has 0 radical (unpaired) electrons. The van der Waals surface area contributed by atoms with Crippen molar-refractivity contribution in [3.8, 4) is 0 Å². The Morgan fingerprint density at radius 3 is 2.66 bits per heavy atom. The molecule has 7 heteroatoms. The molecule has 4 aliphatic carbocycles. The summed E-state index contributed by atoms with van der Waals surface area (Å²) in [5.41, 5.74) is 0.0678. The van der Waals surface area contributed by atoms with Gasteiger partial charge in [0.05, 0.1) is 17.4 Å². The van der Waals surface area contributed by atoms with E-state index in [1.165, 1.54) is 17.8 Å². The van der Waals surface area contributed by atoms with E-state index in [2.05, 4.69) is 9.97 Å². The number of aromatic amines is 1. The minimum absolute atomic E-state index is 0.123. The van der Waals surface area contributed by atoms with E-state index in [1.54, 1.807) is 6.92 Å². The van der Waals surface area contributed by atoms with Crippen LogP contribution in [0.5, 0.6) is 0 Å². The molecule has 4 fully saturated rings. The highest BCUT2D eigenvalue weighted by Gasteiger charge is 2.57. The van der Waals surface area contributed by atoms with Crippen molar-refractivity contribution in [3.05, 3.63) is 26.6 Å². The number of carbonyl (C=O) groups is 1. The summed E-state index contributed by atoms with van der Waals surface area (Å²) in [6.07, 6.45) is 5.46. The predicted molar refractivity (Wildman–Crippen MR) is 111 cm³/mol. The molecule has 156 valence electrons. The lowest BCUT2D eigenvalue weighted by Gasteiger charge is -2.60. The minimum Gasteiger partial charge on any atom is -0.454 e. The fourth-order valence-electron chi connectivity index (χ4n) is 6.67. The maximum atomic E-state index is 12.8. The average Bonchev–Trinajstić information content (AvgIpc) is 2.86. The lowest BCUT2D eigenvalue weighted by Crippen LogP contribution is -2.56. The average molecular weight is 417 g/mol. The number of aliphatic hydroxyl groups is 1. The lowest BCUT2D eigenvalue weighted by atomic mass is 9.47. The zero-order valence-electron chi connectivity index (χ0n) is 17.2. The summed E-state index contributed by atoms with van der Waals surface area (Å²) in [5.74, 6) is 1.21. The number of hydrogen-bond acceptors (Lipinski definition) is 6. The van der Waals surface area contributed by atoms with Crippen LogP contribution in [-0.2, 0) is 9.53 Å². The Morgan fingerprint density at radius 2 is 2.00 bits per heavy atom. The number of aromatic nitrogens is 2. The SMILES string of the molecule is Cc1sc2nc([C@@H](C)OC(=O)CC34C[C@@H]5C[C@@H](CC(O)(C5)C3)C4)[nH]c(=O)c2c1C. The monoisotopic (exact) mass is 416 g/mol. The van der Waals surface area contributed by atoms with E-state index in [0.29, 0.717) is 40.7 Å². The molecule has 6 nitrogen and oxygen atoms in total. The van der Waals surface area contributed by atoms with Crippen molar-refractivity contribution in [3.63, 3.8) is 0 Å². The molecule has 2 N–H and O–H groups in total. The molecule has 0 saturated heterocycles. The number of rotatable bonds is 4. The van der Waals surface area contributed by atoms with Gasteiger partial charge in [-0.25, -0.2) is 4.98 Å². The number of ether oxygens (including phenoxy) is 1. The largest absolute Gasteiger partial charge is 0.454 e. The van der Waals surface area contributed by atoms with Crippen LogP contribution < -0.4 is 5.56 Å². The first-order valence-corrected chi connectivity index (χ1v) is 11.4. The van der Waals surface area contributed by atoms with Gasteiger partial charge in [0, 0.05) is 4.88 Å². The molecular weight excluding hydrogens is 388 g/mol. The molecule has 0 aliphatic heterocycles. The number of esters is 1. The minimum atomic E-state index is -0.612. The zero-order valence-corrected chi connectivity index (χ0v) is 18.0. The van der Waals surface area contributed by atoms with Crippen LogP contribution >= 0.6 is 11.3 Å². The highest BCUT2D eigenvalue weighted by Crippen LogP contribution is 2.62. The molecule has 6 rings (SSSR count). The van der Waals surface area contributed by atoms with Crippen molar-refractivity contribution >= 4 is 27.5 Å². The van der Waals surface area contributed by atoms with Crippen molar-refractivity contribution in [2.24, 2.45) is 17.3 Å². The van der Waals surface area contributed by atoms with Gasteiger partial charge < -0.3 is 14.8 Å². The molecule has 5 atom stereocenters. The Bertz CT molecular complexity index is 1040. The van der Waals surface area contributed by atoms with Crippen LogP contribution in [0.3, 0.4) is 0 Å². The van der Waals surface area contributed by atoms with Crippen LogP contribution in [0.25, 0.3) is 10.2 Å². The van der Waals surface area contributed by atoms with E-state index >= 15 is 0 Å². The fourth-order valence-corrected chi connectivity index (χ4v) is 7.71. The predicted octanol–water partition coefficient (Wildman–Crippen LogP) is 3.93. The Balaban J connectivity index is 1.32. The number of hydrogen-bond donors (Lipinski definition) is 2. The van der Waals surface area contributed by atoms with Crippen LogP contribution in [-0.4, -0.2) is 26.6 Å². The highest BCUT2D eigenvalue weighted by atomic mass is 32.1. The zero-order chi connectivity index (χ0) is 20.6. The van der Waals surface area contributed by atoms with Gasteiger partial charge in [0.15, 0.2) is 11.9 Å². The van der Waals surface area contributed by atoms with Crippen molar-refractivity contribution in [1.82, 2.24) is 9.97 Å². The van der Waals surface area contributed by atoms with Gasteiger partial charge in [-0.3, -0.25) is 9.59 Å². The number of nitrogens with one attached hydrogen (secondary N) is 1. The number of aryl methyl sites for hydroxylation is 2. The molecule has 2 unspecified atom stereocenters. The normalized spacial score (nSPS) is 33.9. The Kier molecular flexibility index (Phi) is 4.24. The number of fused-ring (bicyclic) bond motifs is 1. The van der Waals surface area contributed by atoms with Gasteiger partial charge in [-0.2, -0.15) is 0 Å². The number of nitrogens with zero attached hydrogens (tertiary/aromatic N) is 1. The van der Waals surface area contributed by atoms with Crippen molar-refractivity contribution < 1.29 is 14.6 Å². The van der Waals surface area contributed by atoms with E-state index in [4.69, 9.17) is 4.74 Å². The third-order valence-electron chi connectivity index (χ3n) is 7.42. The standard InChI is InChI=1S/C22H28N2O4S/c1-11-13(3)29-20-17(11)19(26)23-18(24-20)12(2)28-16(25)9-21-5-14-4-15(6-21)8-22(27,7-14)10-21/h12,14-15,27H,4-10H2,1-3H3,(H,23,24,26)/t12-,14-,15+,21?,22?/m1/s1. The van der Waals surface area contributed by atoms with Gasteiger partial charge >= 0.3 is 5.97 Å². The number of thiophene rings is 1.